The second-order valence-corrected chi connectivity index (χ2v) is 7.01. The van der Waals surface area contributed by atoms with Gasteiger partial charge in [-0.1, -0.05) is 38.8 Å². The molecule has 2 nitrogen and oxygen atoms in total. The van der Waals surface area contributed by atoms with Gasteiger partial charge in [0.1, 0.15) is 0 Å². The fourth-order valence-electron chi connectivity index (χ4n) is 3.12. The average molecular weight is 385 g/mol. The summed E-state index contributed by atoms with van der Waals surface area (Å²) in [6.45, 7) is 8.44. The van der Waals surface area contributed by atoms with Gasteiger partial charge >= 0.3 is 0 Å². The van der Waals surface area contributed by atoms with Crippen LogP contribution in [0.4, 0.5) is 0 Å². The first-order valence-corrected chi connectivity index (χ1v) is 8.65. The van der Waals surface area contributed by atoms with Crippen LogP contribution >= 0.6 is 22.6 Å². The van der Waals surface area contributed by atoms with E-state index in [4.69, 9.17) is 0 Å². The highest BCUT2D eigenvalue weighted by molar-refractivity contribution is 14.1. The van der Waals surface area contributed by atoms with Crippen LogP contribution in [0.3, 0.4) is 0 Å². The van der Waals surface area contributed by atoms with Gasteiger partial charge in [-0.25, -0.2) is 0 Å². The highest BCUT2D eigenvalue weighted by atomic mass is 127. The number of benzene rings is 1. The average Bonchev–Trinajstić information content (AvgIpc) is 2.49. The lowest BCUT2D eigenvalue weighted by Crippen LogP contribution is -2.43. The monoisotopic (exact) mass is 385 g/mol. The second kappa shape index (κ2) is 6.46. The third-order valence-electron chi connectivity index (χ3n) is 5.03. The highest BCUT2D eigenvalue weighted by Gasteiger charge is 2.33. The standard InChI is InChI=1S/C17H24INO/c1-4-17(5-2)9-11-19(12-10-17)16(20)14-8-6-7-13(3)15(14)18/h6-8H,4-5,9-12H2,1-3H3. The van der Waals surface area contributed by atoms with E-state index in [-0.39, 0.29) is 5.91 Å². The van der Waals surface area contributed by atoms with E-state index < -0.39 is 0 Å². The molecule has 0 unspecified atom stereocenters. The zero-order valence-electron chi connectivity index (χ0n) is 12.7. The molecular weight excluding hydrogens is 361 g/mol. The maximum absolute atomic E-state index is 12.7. The number of carbonyl (C=O) groups excluding carboxylic acids is 1. The summed E-state index contributed by atoms with van der Waals surface area (Å²) in [6, 6.07) is 6.00. The van der Waals surface area contributed by atoms with Crippen LogP contribution in [-0.4, -0.2) is 23.9 Å². The number of carbonyl (C=O) groups is 1. The Morgan fingerprint density at radius 2 is 1.85 bits per heavy atom. The molecular formula is C17H24INO. The van der Waals surface area contributed by atoms with Gasteiger partial charge in [0.05, 0.1) is 5.56 Å². The summed E-state index contributed by atoms with van der Waals surface area (Å²) in [4.78, 5) is 14.7. The largest absolute Gasteiger partial charge is 0.339 e. The van der Waals surface area contributed by atoms with Crippen molar-refractivity contribution in [2.75, 3.05) is 13.1 Å². The summed E-state index contributed by atoms with van der Waals surface area (Å²) in [5, 5.41) is 0. The number of aryl methyl sites for hydroxylation is 1. The summed E-state index contributed by atoms with van der Waals surface area (Å²) < 4.78 is 1.10. The van der Waals surface area contributed by atoms with Crippen LogP contribution in [0.25, 0.3) is 0 Å². The van der Waals surface area contributed by atoms with Gasteiger partial charge in [-0.3, -0.25) is 4.79 Å². The molecule has 1 aromatic rings. The Labute approximate surface area is 136 Å². The summed E-state index contributed by atoms with van der Waals surface area (Å²) in [5.41, 5.74) is 2.52. The smallest absolute Gasteiger partial charge is 0.254 e. The molecule has 0 atom stereocenters. The lowest BCUT2D eigenvalue weighted by Gasteiger charge is -2.41. The van der Waals surface area contributed by atoms with Crippen molar-refractivity contribution in [2.45, 2.75) is 46.5 Å². The van der Waals surface area contributed by atoms with Crippen LogP contribution in [0.1, 0.15) is 55.5 Å². The fraction of sp³-hybridized carbons (Fsp3) is 0.588. The van der Waals surface area contributed by atoms with E-state index in [0.717, 1.165) is 35.1 Å². The summed E-state index contributed by atoms with van der Waals surface area (Å²) >= 11 is 2.29. The predicted molar refractivity (Wildman–Crippen MR) is 92.0 cm³/mol. The number of hydrogen-bond donors (Lipinski definition) is 0. The van der Waals surface area contributed by atoms with E-state index in [1.807, 2.05) is 17.0 Å². The highest BCUT2D eigenvalue weighted by Crippen LogP contribution is 2.38. The third kappa shape index (κ3) is 3.02. The molecule has 1 aromatic carbocycles. The minimum Gasteiger partial charge on any atom is -0.339 e. The van der Waals surface area contributed by atoms with Gasteiger partial charge in [0.25, 0.3) is 5.91 Å². The van der Waals surface area contributed by atoms with Crippen molar-refractivity contribution in [1.82, 2.24) is 4.90 Å². The Morgan fingerprint density at radius 1 is 1.25 bits per heavy atom. The first kappa shape index (κ1) is 15.8. The number of hydrogen-bond acceptors (Lipinski definition) is 1. The molecule has 1 fully saturated rings. The number of halogens is 1. The Hall–Kier alpha value is -0.580. The number of likely N-dealkylation sites (tertiary alicyclic amines) is 1. The maximum atomic E-state index is 12.7. The molecule has 1 saturated heterocycles. The van der Waals surface area contributed by atoms with Crippen molar-refractivity contribution >= 4 is 28.5 Å². The van der Waals surface area contributed by atoms with Gasteiger partial charge in [0, 0.05) is 16.7 Å². The minimum atomic E-state index is 0.207. The number of amides is 1. The van der Waals surface area contributed by atoms with Crippen molar-refractivity contribution in [3.63, 3.8) is 0 Å². The van der Waals surface area contributed by atoms with Crippen LogP contribution < -0.4 is 0 Å². The molecule has 110 valence electrons. The number of piperidine rings is 1. The van der Waals surface area contributed by atoms with Crippen molar-refractivity contribution in [1.29, 1.82) is 0 Å². The van der Waals surface area contributed by atoms with Gasteiger partial charge in [-0.05, 0) is 59.4 Å². The number of rotatable bonds is 3. The van der Waals surface area contributed by atoms with Crippen molar-refractivity contribution in [3.05, 3.63) is 32.9 Å². The molecule has 0 saturated carbocycles. The minimum absolute atomic E-state index is 0.207. The molecule has 0 radical (unpaired) electrons. The van der Waals surface area contributed by atoms with E-state index in [2.05, 4.69) is 49.4 Å². The lowest BCUT2D eigenvalue weighted by atomic mass is 9.74. The Morgan fingerprint density at radius 3 is 2.40 bits per heavy atom. The number of nitrogens with zero attached hydrogens (tertiary/aromatic N) is 1. The predicted octanol–water partition coefficient (Wildman–Crippen LogP) is 4.64. The van der Waals surface area contributed by atoms with Crippen molar-refractivity contribution in [2.24, 2.45) is 5.41 Å². The molecule has 1 amide bonds. The third-order valence-corrected chi connectivity index (χ3v) is 6.47. The zero-order chi connectivity index (χ0) is 14.8. The molecule has 0 N–H and O–H groups in total. The molecule has 1 aliphatic rings. The molecule has 0 spiro atoms. The molecule has 3 heteroatoms. The molecule has 1 aliphatic heterocycles. The van der Waals surface area contributed by atoms with Crippen LogP contribution in [0.2, 0.25) is 0 Å². The van der Waals surface area contributed by atoms with Crippen LogP contribution in [0.5, 0.6) is 0 Å². The molecule has 20 heavy (non-hydrogen) atoms. The van der Waals surface area contributed by atoms with Crippen molar-refractivity contribution in [3.8, 4) is 0 Å². The van der Waals surface area contributed by atoms with E-state index in [9.17, 15) is 4.79 Å². The van der Waals surface area contributed by atoms with Gasteiger partial charge < -0.3 is 4.90 Å². The Balaban J connectivity index is 2.11. The SMILES string of the molecule is CCC1(CC)CCN(C(=O)c2cccc(C)c2I)CC1. The fourth-order valence-corrected chi connectivity index (χ4v) is 3.71. The quantitative estimate of drug-likeness (QED) is 0.694. The summed E-state index contributed by atoms with van der Waals surface area (Å²) in [7, 11) is 0. The first-order chi connectivity index (χ1) is 9.53. The normalized spacial score (nSPS) is 18.1. The van der Waals surface area contributed by atoms with E-state index in [1.165, 1.54) is 18.4 Å². The van der Waals surface area contributed by atoms with Crippen LogP contribution in [0.15, 0.2) is 18.2 Å². The molecule has 2 rings (SSSR count). The topological polar surface area (TPSA) is 20.3 Å². The van der Waals surface area contributed by atoms with Crippen LogP contribution in [0, 0.1) is 15.9 Å². The lowest BCUT2D eigenvalue weighted by molar-refractivity contribution is 0.0556. The van der Waals surface area contributed by atoms with Gasteiger partial charge in [0.2, 0.25) is 0 Å². The summed E-state index contributed by atoms with van der Waals surface area (Å²) in [6.07, 6.45) is 4.75. The second-order valence-electron chi connectivity index (χ2n) is 5.94. The van der Waals surface area contributed by atoms with Crippen LogP contribution in [-0.2, 0) is 0 Å². The maximum Gasteiger partial charge on any atom is 0.254 e. The summed E-state index contributed by atoms with van der Waals surface area (Å²) in [5.74, 6) is 0.207. The van der Waals surface area contributed by atoms with E-state index in [0.29, 0.717) is 5.41 Å². The molecule has 1 heterocycles. The van der Waals surface area contributed by atoms with E-state index in [1.54, 1.807) is 0 Å². The zero-order valence-corrected chi connectivity index (χ0v) is 14.9. The Bertz CT molecular complexity index is 484. The molecule has 0 bridgehead atoms. The van der Waals surface area contributed by atoms with Crippen molar-refractivity contribution < 1.29 is 4.79 Å². The molecule has 0 aliphatic carbocycles. The van der Waals surface area contributed by atoms with Gasteiger partial charge in [-0.15, -0.1) is 0 Å². The van der Waals surface area contributed by atoms with E-state index >= 15 is 0 Å². The Kier molecular flexibility index (Phi) is 5.10. The first-order valence-electron chi connectivity index (χ1n) is 7.57. The molecule has 0 aromatic heterocycles. The van der Waals surface area contributed by atoms with Gasteiger partial charge in [0.15, 0.2) is 0 Å². The van der Waals surface area contributed by atoms with Gasteiger partial charge in [-0.2, -0.15) is 0 Å².